The van der Waals surface area contributed by atoms with E-state index >= 15 is 0 Å². The first-order valence-corrected chi connectivity index (χ1v) is 11.1. The van der Waals surface area contributed by atoms with Gasteiger partial charge in [0.1, 0.15) is 5.60 Å². The number of aliphatic hydroxyl groups excluding tert-OH is 1. The highest BCUT2D eigenvalue weighted by molar-refractivity contribution is 5.86. The highest BCUT2D eigenvalue weighted by Gasteiger charge is 2.31. The van der Waals surface area contributed by atoms with Gasteiger partial charge in [-0.15, -0.1) is 0 Å². The topological polar surface area (TPSA) is 145 Å². The van der Waals surface area contributed by atoms with Crippen LogP contribution in [0.1, 0.15) is 42.4 Å². The molecule has 2 aliphatic heterocycles. The smallest absolute Gasteiger partial charge is 0.410 e. The molecule has 0 spiro atoms. The summed E-state index contributed by atoms with van der Waals surface area (Å²) >= 11 is 0. The van der Waals surface area contributed by atoms with Crippen LogP contribution in [-0.4, -0.2) is 91.5 Å². The van der Waals surface area contributed by atoms with Gasteiger partial charge in [-0.05, 0) is 20.8 Å². The number of amides is 1. The Morgan fingerprint density at radius 3 is 2.44 bits per heavy atom. The van der Waals surface area contributed by atoms with E-state index in [4.69, 9.17) is 14.8 Å². The predicted octanol–water partition coefficient (Wildman–Crippen LogP) is 0.946. The third-order valence-corrected chi connectivity index (χ3v) is 5.69. The molecule has 0 radical (unpaired) electrons. The van der Waals surface area contributed by atoms with Crippen LogP contribution in [0.4, 0.5) is 16.7 Å². The number of aromatic nitrogens is 4. The lowest BCUT2D eigenvalue weighted by Crippen LogP contribution is -2.56. The molecule has 1 saturated heterocycles. The predicted molar refractivity (Wildman–Crippen MR) is 122 cm³/mol. The number of fused-ring (bicyclic) bond motifs is 1. The van der Waals surface area contributed by atoms with E-state index in [0.717, 1.165) is 11.3 Å². The number of ether oxygens (including phenoxy) is 1. The number of piperazine rings is 1. The highest BCUT2D eigenvalue weighted by atomic mass is 16.6. The average molecular weight is 472 g/mol. The number of nitrogens with zero attached hydrogens (tertiary/aromatic N) is 7. The summed E-state index contributed by atoms with van der Waals surface area (Å²) in [6, 6.07) is -0.299. The molecule has 4 heterocycles. The van der Waals surface area contributed by atoms with E-state index in [2.05, 4.69) is 15.0 Å². The van der Waals surface area contributed by atoms with E-state index in [1.165, 1.54) is 12.4 Å². The van der Waals surface area contributed by atoms with Crippen LogP contribution in [-0.2, 0) is 17.7 Å². The van der Waals surface area contributed by atoms with Crippen LogP contribution in [0.2, 0.25) is 0 Å². The van der Waals surface area contributed by atoms with Crippen LogP contribution >= 0.6 is 0 Å². The number of carboxylic acid groups (broad SMARTS) is 1. The minimum Gasteiger partial charge on any atom is -0.478 e. The maximum absolute atomic E-state index is 12.4. The van der Waals surface area contributed by atoms with Gasteiger partial charge in [0.05, 0.1) is 30.5 Å². The van der Waals surface area contributed by atoms with Crippen LogP contribution in [0, 0.1) is 0 Å². The Hall–Kier alpha value is -3.54. The van der Waals surface area contributed by atoms with Crippen molar-refractivity contribution >= 4 is 24.0 Å². The van der Waals surface area contributed by atoms with E-state index in [1.807, 2.05) is 30.6 Å². The van der Waals surface area contributed by atoms with Gasteiger partial charge in [-0.3, -0.25) is 0 Å². The van der Waals surface area contributed by atoms with E-state index in [-0.39, 0.29) is 24.3 Å². The van der Waals surface area contributed by atoms with Crippen LogP contribution < -0.4 is 9.80 Å². The molecule has 2 aliphatic rings. The standard InChI is InChI=1S/C22H29N7O5/c1-22(2,3)34-21(33)28-5-4-17-15(11-28)10-25-20(26-17)27-6-7-29(16(12-27)13-30)19-23-8-14(9-24-19)18(31)32/h8-10,16,30H,4-7,11-13H2,1-3H3,(H,31,32)/t16-/m1/s1. The fourth-order valence-electron chi connectivity index (χ4n) is 3.98. The number of aromatic carboxylic acids is 1. The Labute approximate surface area is 197 Å². The molecule has 0 bridgehead atoms. The van der Waals surface area contributed by atoms with E-state index in [0.29, 0.717) is 51.0 Å². The first-order valence-electron chi connectivity index (χ1n) is 11.1. The molecule has 0 unspecified atom stereocenters. The van der Waals surface area contributed by atoms with Crippen LogP contribution in [0.25, 0.3) is 0 Å². The third-order valence-electron chi connectivity index (χ3n) is 5.69. The SMILES string of the molecule is CC(C)(C)OC(=O)N1CCc2nc(N3CCN(c4ncc(C(=O)O)cn4)[C@@H](CO)C3)ncc2C1. The molecular formula is C22H29N7O5. The van der Waals surface area contributed by atoms with Crippen LogP contribution in [0.3, 0.4) is 0 Å². The Balaban J connectivity index is 1.43. The molecule has 4 rings (SSSR count). The zero-order chi connectivity index (χ0) is 24.5. The van der Waals surface area contributed by atoms with Crippen LogP contribution in [0.15, 0.2) is 18.6 Å². The summed E-state index contributed by atoms with van der Waals surface area (Å²) in [4.78, 5) is 46.5. The zero-order valence-corrected chi connectivity index (χ0v) is 19.5. The maximum atomic E-state index is 12.4. The van der Waals surface area contributed by atoms with Crippen LogP contribution in [0.5, 0.6) is 0 Å². The summed E-state index contributed by atoms with van der Waals surface area (Å²) in [7, 11) is 0. The Bertz CT molecular complexity index is 1060. The second-order valence-corrected chi connectivity index (χ2v) is 9.35. The lowest BCUT2D eigenvalue weighted by Gasteiger charge is -2.40. The molecule has 2 aromatic rings. The van der Waals surface area contributed by atoms with E-state index in [1.54, 1.807) is 11.1 Å². The summed E-state index contributed by atoms with van der Waals surface area (Å²) in [5, 5.41) is 19.0. The van der Waals surface area contributed by atoms with Crippen molar-refractivity contribution in [2.24, 2.45) is 0 Å². The van der Waals surface area contributed by atoms with Crippen molar-refractivity contribution in [2.45, 2.75) is 45.4 Å². The fourth-order valence-corrected chi connectivity index (χ4v) is 3.98. The number of aliphatic hydroxyl groups is 1. The highest BCUT2D eigenvalue weighted by Crippen LogP contribution is 2.24. The van der Waals surface area contributed by atoms with Gasteiger partial charge in [0.15, 0.2) is 0 Å². The summed E-state index contributed by atoms with van der Waals surface area (Å²) in [6.45, 7) is 7.89. The molecule has 1 atom stereocenters. The minimum absolute atomic E-state index is 0.00984. The molecule has 12 nitrogen and oxygen atoms in total. The summed E-state index contributed by atoms with van der Waals surface area (Å²) in [5.74, 6) is -0.143. The van der Waals surface area contributed by atoms with Gasteiger partial charge in [-0.1, -0.05) is 0 Å². The molecule has 2 N–H and O–H groups in total. The monoisotopic (exact) mass is 471 g/mol. The molecule has 0 saturated carbocycles. The molecule has 182 valence electrons. The van der Waals surface area contributed by atoms with Gasteiger partial charge in [-0.2, -0.15) is 0 Å². The number of hydrogen-bond donors (Lipinski definition) is 2. The summed E-state index contributed by atoms with van der Waals surface area (Å²) in [5.41, 5.74) is 1.26. The molecule has 34 heavy (non-hydrogen) atoms. The Morgan fingerprint density at radius 1 is 1.09 bits per heavy atom. The molecule has 0 aliphatic carbocycles. The number of carbonyl (C=O) groups excluding carboxylic acids is 1. The molecule has 12 heteroatoms. The number of carboxylic acids is 1. The van der Waals surface area contributed by atoms with Crippen molar-refractivity contribution in [1.82, 2.24) is 24.8 Å². The van der Waals surface area contributed by atoms with Crippen molar-refractivity contribution < 1.29 is 24.5 Å². The van der Waals surface area contributed by atoms with Gasteiger partial charge < -0.3 is 29.6 Å². The minimum atomic E-state index is -1.09. The Kier molecular flexibility index (Phi) is 6.51. The second kappa shape index (κ2) is 9.37. The van der Waals surface area contributed by atoms with Crippen molar-refractivity contribution in [3.63, 3.8) is 0 Å². The fraction of sp³-hybridized carbons (Fsp3) is 0.545. The maximum Gasteiger partial charge on any atom is 0.410 e. The van der Waals surface area contributed by atoms with Gasteiger partial charge in [0, 0.05) is 56.8 Å². The first kappa shape index (κ1) is 23.6. The van der Waals surface area contributed by atoms with Gasteiger partial charge in [0.2, 0.25) is 11.9 Å². The largest absolute Gasteiger partial charge is 0.478 e. The number of hydrogen-bond acceptors (Lipinski definition) is 10. The van der Waals surface area contributed by atoms with Crippen molar-refractivity contribution in [1.29, 1.82) is 0 Å². The lowest BCUT2D eigenvalue weighted by molar-refractivity contribution is 0.0222. The number of anilines is 2. The average Bonchev–Trinajstić information content (AvgIpc) is 2.82. The van der Waals surface area contributed by atoms with Gasteiger partial charge in [-0.25, -0.2) is 29.5 Å². The van der Waals surface area contributed by atoms with E-state index in [9.17, 15) is 14.7 Å². The molecule has 1 amide bonds. The number of carbonyl (C=O) groups is 2. The molecular weight excluding hydrogens is 442 g/mol. The number of rotatable bonds is 4. The first-order chi connectivity index (χ1) is 16.1. The second-order valence-electron chi connectivity index (χ2n) is 9.35. The summed E-state index contributed by atoms with van der Waals surface area (Å²) < 4.78 is 5.47. The van der Waals surface area contributed by atoms with Crippen molar-refractivity contribution in [3.8, 4) is 0 Å². The van der Waals surface area contributed by atoms with Gasteiger partial charge >= 0.3 is 12.1 Å². The molecule has 1 fully saturated rings. The summed E-state index contributed by atoms with van der Waals surface area (Å²) in [6.07, 6.45) is 4.54. The van der Waals surface area contributed by atoms with E-state index < -0.39 is 11.6 Å². The van der Waals surface area contributed by atoms with Gasteiger partial charge in [0.25, 0.3) is 0 Å². The van der Waals surface area contributed by atoms with Crippen molar-refractivity contribution in [2.75, 3.05) is 42.6 Å². The normalized spacial score (nSPS) is 18.5. The Morgan fingerprint density at radius 2 is 1.79 bits per heavy atom. The zero-order valence-electron chi connectivity index (χ0n) is 19.5. The lowest BCUT2D eigenvalue weighted by atomic mass is 10.1. The quantitative estimate of drug-likeness (QED) is 0.657. The van der Waals surface area contributed by atoms with Crippen molar-refractivity contribution in [3.05, 3.63) is 35.4 Å². The molecule has 0 aromatic carbocycles. The third kappa shape index (κ3) is 5.16. The molecule has 2 aromatic heterocycles.